The molecule has 0 aromatic heterocycles. The zero-order chi connectivity index (χ0) is 16.8. The third-order valence-corrected chi connectivity index (χ3v) is 3.54. The predicted octanol–water partition coefficient (Wildman–Crippen LogP) is 3.90. The molecule has 0 atom stereocenters. The Bertz CT molecular complexity index is 708. The summed E-state index contributed by atoms with van der Waals surface area (Å²) in [5, 5.41) is 20.2. The minimum Gasteiger partial charge on any atom is -0.502 e. The van der Waals surface area contributed by atoms with E-state index in [2.05, 4.69) is 23.7 Å². The average molecular weight is 313 g/mol. The zero-order valence-corrected chi connectivity index (χ0v) is 13.1. The van der Waals surface area contributed by atoms with Crippen LogP contribution < -0.4 is 4.90 Å². The Labute approximate surface area is 134 Å². The fraction of sp³-hybridized carbons (Fsp3) is 0.235. The third kappa shape index (κ3) is 4.06. The fourth-order valence-corrected chi connectivity index (χ4v) is 2.25. The second-order valence-corrected chi connectivity index (χ2v) is 4.95. The van der Waals surface area contributed by atoms with Crippen molar-refractivity contribution < 1.29 is 10.0 Å². The molecule has 2 rings (SSSR count). The van der Waals surface area contributed by atoms with E-state index in [0.717, 1.165) is 24.3 Å². The van der Waals surface area contributed by atoms with Gasteiger partial charge in [-0.2, -0.15) is 0 Å². The summed E-state index contributed by atoms with van der Waals surface area (Å²) < 4.78 is 0. The maximum atomic E-state index is 10.8. The molecule has 0 fully saturated rings. The number of hydrogen-bond donors (Lipinski definition) is 1. The van der Waals surface area contributed by atoms with Crippen molar-refractivity contribution in [1.29, 1.82) is 0 Å². The highest BCUT2D eigenvalue weighted by Gasteiger charge is 2.12. The number of aromatic hydroxyl groups is 1. The van der Waals surface area contributed by atoms with Gasteiger partial charge in [-0.25, -0.2) is 0 Å². The third-order valence-electron chi connectivity index (χ3n) is 3.54. The topological polar surface area (TPSA) is 79.0 Å². The highest BCUT2D eigenvalue weighted by Crippen LogP contribution is 2.29. The van der Waals surface area contributed by atoms with Crippen LogP contribution in [-0.4, -0.2) is 29.3 Å². The Kier molecular flexibility index (Phi) is 5.30. The van der Waals surface area contributed by atoms with Crippen molar-refractivity contribution in [3.8, 4) is 5.75 Å². The fourth-order valence-electron chi connectivity index (χ4n) is 2.25. The van der Waals surface area contributed by atoms with E-state index in [1.165, 1.54) is 18.2 Å². The van der Waals surface area contributed by atoms with Gasteiger partial charge in [0.25, 0.3) is 0 Å². The van der Waals surface area contributed by atoms with Crippen molar-refractivity contribution in [2.45, 2.75) is 13.8 Å². The lowest BCUT2D eigenvalue weighted by atomic mass is 10.2. The molecule has 0 saturated carbocycles. The van der Waals surface area contributed by atoms with Crippen molar-refractivity contribution in [3.63, 3.8) is 0 Å². The van der Waals surface area contributed by atoms with Crippen LogP contribution in [0.4, 0.5) is 17.1 Å². The van der Waals surface area contributed by atoms with Crippen LogP contribution in [0.15, 0.2) is 47.5 Å². The van der Waals surface area contributed by atoms with Crippen molar-refractivity contribution >= 4 is 23.3 Å². The summed E-state index contributed by atoms with van der Waals surface area (Å²) in [5.74, 6) is -0.363. The molecule has 0 radical (unpaired) electrons. The van der Waals surface area contributed by atoms with E-state index in [-0.39, 0.29) is 11.4 Å². The van der Waals surface area contributed by atoms with Gasteiger partial charge in [-0.1, -0.05) is 12.1 Å². The molecule has 6 nitrogen and oxygen atoms in total. The van der Waals surface area contributed by atoms with Crippen molar-refractivity contribution in [2.75, 3.05) is 18.0 Å². The molecule has 23 heavy (non-hydrogen) atoms. The van der Waals surface area contributed by atoms with Crippen molar-refractivity contribution in [1.82, 2.24) is 0 Å². The Morgan fingerprint density at radius 3 is 2.39 bits per heavy atom. The van der Waals surface area contributed by atoms with Crippen LogP contribution in [0.1, 0.15) is 19.4 Å². The lowest BCUT2D eigenvalue weighted by Crippen LogP contribution is -2.21. The molecule has 0 spiro atoms. The van der Waals surface area contributed by atoms with Crippen LogP contribution in [0.5, 0.6) is 5.75 Å². The number of nitro benzene ring substituents is 1. The Balaban J connectivity index is 2.17. The number of anilines is 1. The van der Waals surface area contributed by atoms with Gasteiger partial charge in [0.1, 0.15) is 0 Å². The van der Waals surface area contributed by atoms with Gasteiger partial charge in [-0.05, 0) is 43.7 Å². The van der Waals surface area contributed by atoms with Crippen LogP contribution in [-0.2, 0) is 0 Å². The minimum atomic E-state index is -0.632. The summed E-state index contributed by atoms with van der Waals surface area (Å²) >= 11 is 0. The number of phenols is 1. The summed E-state index contributed by atoms with van der Waals surface area (Å²) in [6.07, 6.45) is 1.64. The lowest BCUT2D eigenvalue weighted by Gasteiger charge is -2.20. The van der Waals surface area contributed by atoms with Crippen LogP contribution in [0, 0.1) is 10.1 Å². The molecule has 0 amide bonds. The number of hydrogen-bond acceptors (Lipinski definition) is 5. The SMILES string of the molecule is CCN(CC)c1ccc(C=Nc2ccc(O)c([N+](=O)[O-])c2)cc1. The molecule has 0 aliphatic heterocycles. The van der Waals surface area contributed by atoms with E-state index < -0.39 is 4.92 Å². The molecule has 0 unspecified atom stereocenters. The van der Waals surface area contributed by atoms with Gasteiger partial charge in [0.15, 0.2) is 5.75 Å². The zero-order valence-electron chi connectivity index (χ0n) is 13.1. The number of nitro groups is 1. The van der Waals surface area contributed by atoms with Crippen LogP contribution in [0.2, 0.25) is 0 Å². The normalized spacial score (nSPS) is 10.9. The maximum absolute atomic E-state index is 10.8. The first kappa shape index (κ1) is 16.5. The minimum absolute atomic E-state index is 0.350. The van der Waals surface area contributed by atoms with Gasteiger partial charge < -0.3 is 10.0 Å². The van der Waals surface area contributed by atoms with E-state index >= 15 is 0 Å². The summed E-state index contributed by atoms with van der Waals surface area (Å²) in [5.41, 5.74) is 2.11. The van der Waals surface area contributed by atoms with Crippen LogP contribution >= 0.6 is 0 Å². The van der Waals surface area contributed by atoms with Crippen molar-refractivity contribution in [3.05, 3.63) is 58.1 Å². The van der Waals surface area contributed by atoms with E-state index in [9.17, 15) is 15.2 Å². The van der Waals surface area contributed by atoms with Gasteiger partial charge in [0.05, 0.1) is 10.6 Å². The monoisotopic (exact) mass is 313 g/mol. The second-order valence-electron chi connectivity index (χ2n) is 4.95. The highest BCUT2D eigenvalue weighted by molar-refractivity contribution is 5.83. The van der Waals surface area contributed by atoms with Gasteiger partial charge >= 0.3 is 5.69 Å². The van der Waals surface area contributed by atoms with Gasteiger partial charge in [0.2, 0.25) is 0 Å². The molecule has 0 aliphatic rings. The highest BCUT2D eigenvalue weighted by atomic mass is 16.6. The Hall–Kier alpha value is -2.89. The van der Waals surface area contributed by atoms with E-state index in [1.54, 1.807) is 6.21 Å². The Morgan fingerprint density at radius 1 is 1.17 bits per heavy atom. The molecule has 0 aliphatic carbocycles. The first-order valence-electron chi connectivity index (χ1n) is 7.41. The van der Waals surface area contributed by atoms with E-state index in [1.807, 2.05) is 24.3 Å². The molecule has 2 aromatic rings. The average Bonchev–Trinajstić information content (AvgIpc) is 2.56. The molecule has 2 aromatic carbocycles. The molecule has 6 heteroatoms. The van der Waals surface area contributed by atoms with Crippen LogP contribution in [0.25, 0.3) is 0 Å². The summed E-state index contributed by atoms with van der Waals surface area (Å²) in [6.45, 7) is 6.11. The number of phenolic OH excluding ortho intramolecular Hbond substituents is 1. The van der Waals surface area contributed by atoms with Crippen LogP contribution in [0.3, 0.4) is 0 Å². The quantitative estimate of drug-likeness (QED) is 0.498. The summed E-state index contributed by atoms with van der Waals surface area (Å²) in [6, 6.07) is 12.0. The number of benzene rings is 2. The maximum Gasteiger partial charge on any atom is 0.312 e. The van der Waals surface area contributed by atoms with Gasteiger partial charge in [-0.3, -0.25) is 15.1 Å². The molecule has 0 saturated heterocycles. The second kappa shape index (κ2) is 7.40. The molecular weight excluding hydrogens is 294 g/mol. The van der Waals surface area contributed by atoms with E-state index in [4.69, 9.17) is 0 Å². The Morgan fingerprint density at radius 2 is 1.83 bits per heavy atom. The molecule has 0 bridgehead atoms. The lowest BCUT2D eigenvalue weighted by molar-refractivity contribution is -0.385. The number of nitrogens with zero attached hydrogens (tertiary/aromatic N) is 3. The molecule has 120 valence electrons. The summed E-state index contributed by atoms with van der Waals surface area (Å²) in [7, 11) is 0. The standard InChI is InChI=1S/C17H19N3O3/c1-3-19(4-2)15-8-5-13(6-9-15)12-18-14-7-10-17(21)16(11-14)20(22)23/h5-12,21H,3-4H2,1-2H3. The smallest absolute Gasteiger partial charge is 0.312 e. The number of aliphatic imine (C=N–C) groups is 1. The summed E-state index contributed by atoms with van der Waals surface area (Å²) in [4.78, 5) is 16.6. The first-order chi connectivity index (χ1) is 11.0. The molecular formula is C17H19N3O3. The van der Waals surface area contributed by atoms with Gasteiger partial charge in [0, 0.05) is 31.1 Å². The van der Waals surface area contributed by atoms with Gasteiger partial charge in [-0.15, -0.1) is 0 Å². The van der Waals surface area contributed by atoms with E-state index in [0.29, 0.717) is 5.69 Å². The largest absolute Gasteiger partial charge is 0.502 e. The molecule has 0 heterocycles. The number of rotatable bonds is 6. The van der Waals surface area contributed by atoms with Crippen molar-refractivity contribution in [2.24, 2.45) is 4.99 Å². The first-order valence-corrected chi connectivity index (χ1v) is 7.41. The molecule has 1 N–H and O–H groups in total. The predicted molar refractivity (Wildman–Crippen MR) is 92.0 cm³/mol.